The van der Waals surface area contributed by atoms with Crippen molar-refractivity contribution in [3.05, 3.63) is 23.8 Å². The molecule has 114 valence electrons. The molecule has 0 aromatic carbocycles. The van der Waals surface area contributed by atoms with Crippen LogP contribution >= 0.6 is 0 Å². The van der Waals surface area contributed by atoms with Crippen LogP contribution in [0.5, 0.6) is 0 Å². The SMILES string of the molecule is CCC1C(=O)NC(C)(CC)C(=O)N1Cc1cnc(C)cn1. The maximum absolute atomic E-state index is 12.7. The normalized spacial score (nSPS) is 25.9. The van der Waals surface area contributed by atoms with Crippen molar-refractivity contribution in [2.45, 2.75) is 58.7 Å². The second kappa shape index (κ2) is 5.79. The topological polar surface area (TPSA) is 75.2 Å². The minimum atomic E-state index is -0.832. The van der Waals surface area contributed by atoms with Gasteiger partial charge in [0.1, 0.15) is 11.6 Å². The summed E-state index contributed by atoms with van der Waals surface area (Å²) in [5, 5.41) is 2.85. The lowest BCUT2D eigenvalue weighted by molar-refractivity contribution is -0.155. The second-order valence-corrected chi connectivity index (χ2v) is 5.68. The Morgan fingerprint density at radius 1 is 1.29 bits per heavy atom. The van der Waals surface area contributed by atoms with Crippen LogP contribution in [0.15, 0.2) is 12.4 Å². The summed E-state index contributed by atoms with van der Waals surface area (Å²) >= 11 is 0. The summed E-state index contributed by atoms with van der Waals surface area (Å²) in [7, 11) is 0. The average molecular weight is 290 g/mol. The molecule has 1 fully saturated rings. The van der Waals surface area contributed by atoms with Crippen LogP contribution in [0.4, 0.5) is 0 Å². The van der Waals surface area contributed by atoms with Crippen LogP contribution < -0.4 is 5.32 Å². The molecule has 0 aliphatic carbocycles. The lowest BCUT2D eigenvalue weighted by atomic mass is 9.91. The van der Waals surface area contributed by atoms with Gasteiger partial charge in [-0.3, -0.25) is 19.6 Å². The van der Waals surface area contributed by atoms with Crippen LogP contribution in [0, 0.1) is 6.92 Å². The van der Waals surface area contributed by atoms with Crippen molar-refractivity contribution in [2.24, 2.45) is 0 Å². The minimum absolute atomic E-state index is 0.0566. The Balaban J connectivity index is 2.29. The van der Waals surface area contributed by atoms with Gasteiger partial charge in [0, 0.05) is 6.20 Å². The molecule has 2 heterocycles. The molecule has 1 aliphatic heterocycles. The zero-order valence-corrected chi connectivity index (χ0v) is 13.0. The van der Waals surface area contributed by atoms with Gasteiger partial charge in [-0.1, -0.05) is 13.8 Å². The summed E-state index contributed by atoms with van der Waals surface area (Å²) in [6, 6.07) is -0.444. The highest BCUT2D eigenvalue weighted by Gasteiger charge is 2.46. The largest absolute Gasteiger partial charge is 0.340 e. The van der Waals surface area contributed by atoms with E-state index in [4.69, 9.17) is 0 Å². The smallest absolute Gasteiger partial charge is 0.249 e. The number of amides is 2. The van der Waals surface area contributed by atoms with Crippen molar-refractivity contribution in [1.29, 1.82) is 0 Å². The van der Waals surface area contributed by atoms with Crippen LogP contribution in [0.3, 0.4) is 0 Å². The Kier molecular flexibility index (Phi) is 4.25. The van der Waals surface area contributed by atoms with E-state index in [1.807, 2.05) is 20.8 Å². The highest BCUT2D eigenvalue weighted by atomic mass is 16.2. The Labute approximate surface area is 125 Å². The molecule has 1 saturated heterocycles. The Morgan fingerprint density at radius 3 is 2.52 bits per heavy atom. The molecule has 6 nitrogen and oxygen atoms in total. The molecular weight excluding hydrogens is 268 g/mol. The molecule has 0 bridgehead atoms. The van der Waals surface area contributed by atoms with E-state index in [1.54, 1.807) is 24.2 Å². The standard InChI is InChI=1S/C15H22N4O2/c1-5-12-13(20)18-15(4,6-2)14(21)19(12)9-11-8-16-10(3)7-17-11/h7-8,12H,5-6,9H2,1-4H3,(H,18,20). The summed E-state index contributed by atoms with van der Waals surface area (Å²) in [5.74, 6) is -0.152. The predicted octanol–water partition coefficient (Wildman–Crippen LogP) is 1.19. The first-order chi connectivity index (χ1) is 9.91. The first-order valence-corrected chi connectivity index (χ1v) is 7.32. The lowest BCUT2D eigenvalue weighted by Crippen LogP contribution is -2.68. The number of aromatic nitrogens is 2. The van der Waals surface area contributed by atoms with Crippen molar-refractivity contribution in [1.82, 2.24) is 20.2 Å². The van der Waals surface area contributed by atoms with Gasteiger partial charge < -0.3 is 10.2 Å². The van der Waals surface area contributed by atoms with Crippen LogP contribution in [-0.2, 0) is 16.1 Å². The van der Waals surface area contributed by atoms with E-state index in [9.17, 15) is 9.59 Å². The highest BCUT2D eigenvalue weighted by Crippen LogP contribution is 2.24. The number of carbonyl (C=O) groups is 2. The third-order valence-corrected chi connectivity index (χ3v) is 4.07. The third-order valence-electron chi connectivity index (χ3n) is 4.07. The number of hydrogen-bond acceptors (Lipinski definition) is 4. The maximum atomic E-state index is 12.7. The molecule has 1 aromatic heterocycles. The van der Waals surface area contributed by atoms with Crippen LogP contribution in [0.25, 0.3) is 0 Å². The molecule has 2 unspecified atom stereocenters. The fourth-order valence-electron chi connectivity index (χ4n) is 2.51. The lowest BCUT2D eigenvalue weighted by Gasteiger charge is -2.43. The Hall–Kier alpha value is -1.98. The van der Waals surface area contributed by atoms with Gasteiger partial charge in [0.2, 0.25) is 11.8 Å². The maximum Gasteiger partial charge on any atom is 0.249 e. The Bertz CT molecular complexity index is 543. The van der Waals surface area contributed by atoms with Gasteiger partial charge >= 0.3 is 0 Å². The van der Waals surface area contributed by atoms with Crippen molar-refractivity contribution in [3.8, 4) is 0 Å². The summed E-state index contributed by atoms with van der Waals surface area (Å²) in [6.07, 6.45) is 4.47. The molecule has 0 spiro atoms. The van der Waals surface area contributed by atoms with E-state index in [1.165, 1.54) is 0 Å². The molecule has 1 aromatic rings. The molecule has 6 heteroatoms. The zero-order chi connectivity index (χ0) is 15.6. The van der Waals surface area contributed by atoms with Crippen LogP contribution in [0.1, 0.15) is 45.0 Å². The van der Waals surface area contributed by atoms with Crippen molar-refractivity contribution < 1.29 is 9.59 Å². The molecule has 1 aliphatic rings. The number of piperazine rings is 1. The molecule has 0 saturated carbocycles. The van der Waals surface area contributed by atoms with Gasteiger partial charge in [-0.05, 0) is 26.7 Å². The average Bonchev–Trinajstić information content (AvgIpc) is 2.47. The molecular formula is C15H22N4O2. The fourth-order valence-corrected chi connectivity index (χ4v) is 2.51. The fraction of sp³-hybridized carbons (Fsp3) is 0.600. The quantitative estimate of drug-likeness (QED) is 0.904. The summed E-state index contributed by atoms with van der Waals surface area (Å²) in [4.78, 5) is 35.1. The van der Waals surface area contributed by atoms with Crippen LogP contribution in [-0.4, -0.2) is 38.3 Å². The first-order valence-electron chi connectivity index (χ1n) is 7.32. The van der Waals surface area contributed by atoms with Gasteiger partial charge in [-0.25, -0.2) is 0 Å². The van der Waals surface area contributed by atoms with E-state index < -0.39 is 11.6 Å². The Morgan fingerprint density at radius 2 is 2.00 bits per heavy atom. The number of carbonyl (C=O) groups excluding carboxylic acids is 2. The molecule has 0 radical (unpaired) electrons. The van der Waals surface area contributed by atoms with Gasteiger partial charge in [0.05, 0.1) is 24.1 Å². The number of aryl methyl sites for hydroxylation is 1. The van der Waals surface area contributed by atoms with E-state index in [2.05, 4.69) is 15.3 Å². The second-order valence-electron chi connectivity index (χ2n) is 5.68. The molecule has 2 atom stereocenters. The molecule has 1 N–H and O–H groups in total. The van der Waals surface area contributed by atoms with Crippen molar-refractivity contribution in [2.75, 3.05) is 0 Å². The van der Waals surface area contributed by atoms with Crippen molar-refractivity contribution >= 4 is 11.8 Å². The predicted molar refractivity (Wildman–Crippen MR) is 78.2 cm³/mol. The number of nitrogens with one attached hydrogen (secondary N) is 1. The first kappa shape index (κ1) is 15.4. The summed E-state index contributed by atoms with van der Waals surface area (Å²) in [5.41, 5.74) is 0.688. The van der Waals surface area contributed by atoms with E-state index in [0.717, 1.165) is 5.69 Å². The number of nitrogens with zero attached hydrogens (tertiary/aromatic N) is 3. The van der Waals surface area contributed by atoms with Crippen LogP contribution in [0.2, 0.25) is 0 Å². The van der Waals surface area contributed by atoms with E-state index in [-0.39, 0.29) is 11.8 Å². The zero-order valence-electron chi connectivity index (χ0n) is 13.0. The number of hydrogen-bond donors (Lipinski definition) is 1. The van der Waals surface area contributed by atoms with E-state index in [0.29, 0.717) is 25.1 Å². The minimum Gasteiger partial charge on any atom is -0.340 e. The van der Waals surface area contributed by atoms with Gasteiger partial charge in [0.25, 0.3) is 0 Å². The van der Waals surface area contributed by atoms with Gasteiger partial charge in [-0.15, -0.1) is 0 Å². The van der Waals surface area contributed by atoms with Gasteiger partial charge in [0.15, 0.2) is 0 Å². The highest BCUT2D eigenvalue weighted by molar-refractivity contribution is 5.99. The molecule has 21 heavy (non-hydrogen) atoms. The van der Waals surface area contributed by atoms with Crippen molar-refractivity contribution in [3.63, 3.8) is 0 Å². The third kappa shape index (κ3) is 2.89. The monoisotopic (exact) mass is 290 g/mol. The summed E-state index contributed by atoms with van der Waals surface area (Å²) in [6.45, 7) is 7.74. The molecule has 2 amide bonds. The number of rotatable bonds is 4. The van der Waals surface area contributed by atoms with E-state index >= 15 is 0 Å². The van der Waals surface area contributed by atoms with Gasteiger partial charge in [-0.2, -0.15) is 0 Å². The molecule has 2 rings (SSSR count). The summed E-state index contributed by atoms with van der Waals surface area (Å²) < 4.78 is 0.